The van der Waals surface area contributed by atoms with E-state index in [2.05, 4.69) is 10.0 Å². The number of hydrogen-bond donors (Lipinski definition) is 2. The van der Waals surface area contributed by atoms with Crippen molar-refractivity contribution in [2.75, 3.05) is 6.61 Å². The van der Waals surface area contributed by atoms with Gasteiger partial charge in [0.25, 0.3) is 5.91 Å². The Kier molecular flexibility index (Phi) is 6.69. The SMILES string of the molecule is C[C@H](NS(=O)(=O)c1ccc(OCC(=O)NCc2ccco2)cc1)c1ccccc1. The van der Waals surface area contributed by atoms with E-state index in [-0.39, 0.29) is 30.0 Å². The first kappa shape index (κ1) is 20.6. The maximum Gasteiger partial charge on any atom is 0.258 e. The third-order valence-corrected chi connectivity index (χ3v) is 5.73. The Balaban J connectivity index is 1.52. The first-order chi connectivity index (χ1) is 13.9. The summed E-state index contributed by atoms with van der Waals surface area (Å²) < 4.78 is 38.3. The van der Waals surface area contributed by atoms with Crippen LogP contribution in [0.25, 0.3) is 0 Å². The van der Waals surface area contributed by atoms with Gasteiger partial charge in [-0.05, 0) is 48.9 Å². The van der Waals surface area contributed by atoms with Gasteiger partial charge in [0.1, 0.15) is 11.5 Å². The van der Waals surface area contributed by atoms with E-state index in [1.54, 1.807) is 19.1 Å². The standard InChI is InChI=1S/C21H22N2O5S/c1-16(17-6-3-2-4-7-17)23-29(25,26)20-11-9-18(10-12-20)28-15-21(24)22-14-19-8-5-13-27-19/h2-13,16,23H,14-15H2,1H3,(H,22,24)/t16-/m0/s1. The van der Waals surface area contributed by atoms with Crippen LogP contribution < -0.4 is 14.8 Å². The zero-order valence-corrected chi connectivity index (χ0v) is 16.7. The fourth-order valence-corrected chi connectivity index (χ4v) is 3.86. The van der Waals surface area contributed by atoms with Crippen molar-refractivity contribution in [3.05, 3.63) is 84.3 Å². The lowest BCUT2D eigenvalue weighted by atomic mass is 10.1. The fourth-order valence-electron chi connectivity index (χ4n) is 2.62. The predicted octanol–water partition coefficient (Wildman–Crippen LogP) is 3.01. The highest BCUT2D eigenvalue weighted by molar-refractivity contribution is 7.89. The molecule has 0 saturated heterocycles. The van der Waals surface area contributed by atoms with Crippen molar-refractivity contribution < 1.29 is 22.4 Å². The summed E-state index contributed by atoms with van der Waals surface area (Å²) >= 11 is 0. The van der Waals surface area contributed by atoms with Crippen molar-refractivity contribution in [2.24, 2.45) is 0 Å². The molecule has 152 valence electrons. The number of carbonyl (C=O) groups is 1. The minimum atomic E-state index is -3.68. The van der Waals surface area contributed by atoms with Gasteiger partial charge in [-0.2, -0.15) is 0 Å². The third-order valence-electron chi connectivity index (χ3n) is 4.18. The van der Waals surface area contributed by atoms with E-state index in [0.29, 0.717) is 11.5 Å². The molecule has 0 radical (unpaired) electrons. The van der Waals surface area contributed by atoms with Gasteiger partial charge in [-0.3, -0.25) is 4.79 Å². The number of benzene rings is 2. The van der Waals surface area contributed by atoms with Crippen LogP contribution in [-0.4, -0.2) is 20.9 Å². The molecule has 8 heteroatoms. The van der Waals surface area contributed by atoms with Gasteiger partial charge >= 0.3 is 0 Å². The van der Waals surface area contributed by atoms with E-state index >= 15 is 0 Å². The lowest BCUT2D eigenvalue weighted by Crippen LogP contribution is -2.28. The van der Waals surface area contributed by atoms with E-state index < -0.39 is 10.0 Å². The van der Waals surface area contributed by atoms with Crippen molar-refractivity contribution in [1.29, 1.82) is 0 Å². The van der Waals surface area contributed by atoms with Crippen LogP contribution in [0, 0.1) is 0 Å². The molecule has 0 aliphatic carbocycles. The van der Waals surface area contributed by atoms with Gasteiger partial charge in [0.15, 0.2) is 6.61 Å². The molecule has 0 spiro atoms. The predicted molar refractivity (Wildman–Crippen MR) is 108 cm³/mol. The number of hydrogen-bond acceptors (Lipinski definition) is 5. The van der Waals surface area contributed by atoms with Gasteiger partial charge in [-0.1, -0.05) is 30.3 Å². The summed E-state index contributed by atoms with van der Waals surface area (Å²) in [6.45, 7) is 1.87. The van der Waals surface area contributed by atoms with Gasteiger partial charge in [0.2, 0.25) is 10.0 Å². The van der Waals surface area contributed by atoms with Crippen LogP contribution in [0.4, 0.5) is 0 Å². The van der Waals surface area contributed by atoms with Crippen LogP contribution in [0.1, 0.15) is 24.3 Å². The van der Waals surface area contributed by atoms with Gasteiger partial charge in [0, 0.05) is 6.04 Å². The van der Waals surface area contributed by atoms with Crippen LogP contribution in [0.2, 0.25) is 0 Å². The zero-order chi connectivity index (χ0) is 20.7. The average molecular weight is 414 g/mol. The van der Waals surface area contributed by atoms with Crippen LogP contribution in [0.3, 0.4) is 0 Å². The maximum absolute atomic E-state index is 12.6. The highest BCUT2D eigenvalue weighted by Gasteiger charge is 2.18. The number of furan rings is 1. The van der Waals surface area contributed by atoms with Crippen molar-refractivity contribution in [3.8, 4) is 5.75 Å². The number of nitrogens with one attached hydrogen (secondary N) is 2. The van der Waals surface area contributed by atoms with Crippen molar-refractivity contribution in [3.63, 3.8) is 0 Å². The minimum Gasteiger partial charge on any atom is -0.484 e. The molecule has 0 fully saturated rings. The molecule has 7 nitrogen and oxygen atoms in total. The first-order valence-corrected chi connectivity index (χ1v) is 10.5. The summed E-state index contributed by atoms with van der Waals surface area (Å²) in [5.41, 5.74) is 0.872. The average Bonchev–Trinajstić information content (AvgIpc) is 3.25. The quantitative estimate of drug-likeness (QED) is 0.561. The van der Waals surface area contributed by atoms with Crippen LogP contribution in [0.5, 0.6) is 5.75 Å². The Hall–Kier alpha value is -3.10. The van der Waals surface area contributed by atoms with Crippen molar-refractivity contribution in [1.82, 2.24) is 10.0 Å². The molecule has 29 heavy (non-hydrogen) atoms. The minimum absolute atomic E-state index is 0.120. The smallest absolute Gasteiger partial charge is 0.258 e. The molecule has 0 bridgehead atoms. The van der Waals surface area contributed by atoms with Crippen LogP contribution in [0.15, 0.2) is 82.3 Å². The van der Waals surface area contributed by atoms with Crippen LogP contribution in [-0.2, 0) is 21.4 Å². The van der Waals surface area contributed by atoms with E-state index in [1.165, 1.54) is 30.5 Å². The fraction of sp³-hybridized carbons (Fsp3) is 0.190. The Labute approximate surface area is 169 Å². The lowest BCUT2D eigenvalue weighted by Gasteiger charge is -2.15. The van der Waals surface area contributed by atoms with Crippen molar-refractivity contribution in [2.45, 2.75) is 24.4 Å². The molecule has 2 aromatic carbocycles. The second-order valence-electron chi connectivity index (χ2n) is 6.37. The summed E-state index contributed by atoms with van der Waals surface area (Å²) in [5, 5.41) is 2.66. The van der Waals surface area contributed by atoms with Crippen molar-refractivity contribution >= 4 is 15.9 Å². The molecule has 2 N–H and O–H groups in total. The summed E-state index contributed by atoms with van der Waals surface area (Å²) in [7, 11) is -3.68. The summed E-state index contributed by atoms with van der Waals surface area (Å²) in [6.07, 6.45) is 1.53. The molecule has 1 amide bonds. The number of carbonyl (C=O) groups excluding carboxylic acids is 1. The molecule has 0 unspecified atom stereocenters. The molecule has 0 aliphatic rings. The second kappa shape index (κ2) is 9.40. The molecular weight excluding hydrogens is 392 g/mol. The van der Waals surface area contributed by atoms with E-state index in [0.717, 1.165) is 5.56 Å². The zero-order valence-electron chi connectivity index (χ0n) is 15.9. The Morgan fingerprint density at radius 2 is 1.76 bits per heavy atom. The summed E-state index contributed by atoms with van der Waals surface area (Å²) in [6, 6.07) is 18.4. The Bertz CT molecular complexity index is 1020. The first-order valence-electron chi connectivity index (χ1n) is 9.03. The number of rotatable bonds is 9. The number of amides is 1. The van der Waals surface area contributed by atoms with Gasteiger partial charge in [-0.25, -0.2) is 13.1 Å². The highest BCUT2D eigenvalue weighted by Crippen LogP contribution is 2.19. The summed E-state index contributed by atoms with van der Waals surface area (Å²) in [4.78, 5) is 11.9. The molecule has 1 heterocycles. The third kappa shape index (κ3) is 5.94. The number of ether oxygens (including phenoxy) is 1. The molecule has 3 aromatic rings. The Morgan fingerprint density at radius 3 is 2.41 bits per heavy atom. The largest absolute Gasteiger partial charge is 0.484 e. The molecule has 0 aliphatic heterocycles. The monoisotopic (exact) mass is 414 g/mol. The second-order valence-corrected chi connectivity index (χ2v) is 8.08. The Morgan fingerprint density at radius 1 is 1.03 bits per heavy atom. The molecule has 1 atom stereocenters. The van der Waals surface area contributed by atoms with E-state index in [1.807, 2.05) is 30.3 Å². The molecular formula is C21H22N2O5S. The van der Waals surface area contributed by atoms with Gasteiger partial charge < -0.3 is 14.5 Å². The van der Waals surface area contributed by atoms with Gasteiger partial charge in [-0.15, -0.1) is 0 Å². The lowest BCUT2D eigenvalue weighted by molar-refractivity contribution is -0.123. The van der Waals surface area contributed by atoms with Gasteiger partial charge in [0.05, 0.1) is 17.7 Å². The topological polar surface area (TPSA) is 97.6 Å². The molecule has 0 saturated carbocycles. The summed E-state index contributed by atoms with van der Waals surface area (Å²) in [5.74, 6) is 0.731. The van der Waals surface area contributed by atoms with Crippen LogP contribution >= 0.6 is 0 Å². The van der Waals surface area contributed by atoms with E-state index in [4.69, 9.17) is 9.15 Å². The number of sulfonamides is 1. The normalized spacial score (nSPS) is 12.3. The highest BCUT2D eigenvalue weighted by atomic mass is 32.2. The van der Waals surface area contributed by atoms with E-state index in [9.17, 15) is 13.2 Å². The maximum atomic E-state index is 12.6. The molecule has 1 aromatic heterocycles. The molecule has 3 rings (SSSR count).